The monoisotopic (exact) mass is 600 g/mol. The van der Waals surface area contributed by atoms with Crippen LogP contribution in [0.15, 0.2) is 52.8 Å². The topological polar surface area (TPSA) is 127 Å². The molecule has 3 heterocycles. The Kier molecular flexibility index (Phi) is 7.29. The van der Waals surface area contributed by atoms with Gasteiger partial charge in [0.15, 0.2) is 0 Å². The molecular formula is C27H16ClF3N4O5S. The number of benzene rings is 2. The molecule has 0 radical (unpaired) electrons. The SMILES string of the molecule is Cc1nc2ccc(OC(F)(F)F)c(C#N)c2c(=O)n1CCOc1ccc(Cl)cc1-c1ccnc2c(C(=O)O)csc12. The molecule has 3 aromatic heterocycles. The molecule has 1 N–H and O–H groups in total. The fourth-order valence-electron chi connectivity index (χ4n) is 4.37. The maximum Gasteiger partial charge on any atom is 0.573 e. The largest absolute Gasteiger partial charge is 0.573 e. The number of aryl methyl sites for hydroxylation is 1. The van der Waals surface area contributed by atoms with Crippen LogP contribution >= 0.6 is 22.9 Å². The Labute approximate surface area is 237 Å². The molecule has 0 unspecified atom stereocenters. The number of halogens is 4. The summed E-state index contributed by atoms with van der Waals surface area (Å²) in [6.07, 6.45) is -3.58. The lowest BCUT2D eigenvalue weighted by atomic mass is 10.0. The second kappa shape index (κ2) is 10.7. The number of rotatable bonds is 7. The highest BCUT2D eigenvalue weighted by molar-refractivity contribution is 7.18. The van der Waals surface area contributed by atoms with Crippen LogP contribution in [0.3, 0.4) is 0 Å². The lowest BCUT2D eigenvalue weighted by Gasteiger charge is -2.16. The summed E-state index contributed by atoms with van der Waals surface area (Å²) in [5.41, 5.74) is 0.325. The van der Waals surface area contributed by atoms with E-state index in [-0.39, 0.29) is 35.4 Å². The average Bonchev–Trinajstić information content (AvgIpc) is 3.35. The minimum atomic E-state index is -5.06. The summed E-state index contributed by atoms with van der Waals surface area (Å²) in [6.45, 7) is 1.42. The fourth-order valence-corrected chi connectivity index (χ4v) is 5.56. The molecule has 0 spiro atoms. The van der Waals surface area contributed by atoms with E-state index in [9.17, 15) is 33.1 Å². The van der Waals surface area contributed by atoms with Crippen LogP contribution in [0.4, 0.5) is 13.2 Å². The van der Waals surface area contributed by atoms with Gasteiger partial charge in [0.2, 0.25) is 0 Å². The number of nitrogens with zero attached hydrogens (tertiary/aromatic N) is 4. The minimum Gasteiger partial charge on any atom is -0.491 e. The van der Waals surface area contributed by atoms with Crippen molar-refractivity contribution in [3.05, 3.63) is 80.3 Å². The summed E-state index contributed by atoms with van der Waals surface area (Å²) in [6, 6.07) is 10.3. The number of ether oxygens (including phenoxy) is 2. The molecule has 14 heteroatoms. The van der Waals surface area contributed by atoms with E-state index in [2.05, 4.69) is 14.7 Å². The van der Waals surface area contributed by atoms with E-state index in [1.807, 2.05) is 0 Å². The van der Waals surface area contributed by atoms with Gasteiger partial charge in [-0.15, -0.1) is 24.5 Å². The summed E-state index contributed by atoms with van der Waals surface area (Å²) < 4.78 is 50.3. The number of fused-ring (bicyclic) bond motifs is 2. The van der Waals surface area contributed by atoms with Gasteiger partial charge in [-0.3, -0.25) is 14.3 Å². The van der Waals surface area contributed by atoms with Gasteiger partial charge in [0, 0.05) is 27.7 Å². The predicted octanol–water partition coefficient (Wildman–Crippen LogP) is 6.18. The molecule has 0 saturated carbocycles. The first-order chi connectivity index (χ1) is 19.5. The number of carboxylic acids is 1. The van der Waals surface area contributed by atoms with Crippen LogP contribution < -0.4 is 15.0 Å². The van der Waals surface area contributed by atoms with Gasteiger partial charge in [0.05, 0.1) is 33.2 Å². The van der Waals surface area contributed by atoms with Crippen LogP contribution in [0.25, 0.3) is 32.2 Å². The van der Waals surface area contributed by atoms with Crippen LogP contribution in [-0.4, -0.2) is 38.6 Å². The molecule has 0 fully saturated rings. The van der Waals surface area contributed by atoms with Crippen molar-refractivity contribution in [2.45, 2.75) is 19.8 Å². The van der Waals surface area contributed by atoms with Crippen LogP contribution in [-0.2, 0) is 6.54 Å². The number of aromatic nitrogens is 3. The molecule has 9 nitrogen and oxygen atoms in total. The van der Waals surface area contributed by atoms with Crippen LogP contribution in [0.5, 0.6) is 11.5 Å². The number of carbonyl (C=O) groups is 1. The second-order valence-corrected chi connectivity index (χ2v) is 9.90. The zero-order chi connectivity index (χ0) is 29.5. The molecule has 5 aromatic rings. The Bertz CT molecular complexity index is 1950. The summed E-state index contributed by atoms with van der Waals surface area (Å²) >= 11 is 7.47. The normalized spacial score (nSPS) is 11.5. The van der Waals surface area contributed by atoms with Crippen molar-refractivity contribution >= 4 is 50.0 Å². The van der Waals surface area contributed by atoms with Crippen LogP contribution in [0.1, 0.15) is 21.7 Å². The molecule has 2 aromatic carbocycles. The number of carboxylic acid groups (broad SMARTS) is 1. The van der Waals surface area contributed by atoms with Crippen molar-refractivity contribution in [1.29, 1.82) is 5.26 Å². The summed E-state index contributed by atoms with van der Waals surface area (Å²) in [4.78, 5) is 33.4. The number of pyridine rings is 1. The molecule has 0 aliphatic heterocycles. The highest BCUT2D eigenvalue weighted by Gasteiger charge is 2.33. The van der Waals surface area contributed by atoms with E-state index in [1.54, 1.807) is 37.3 Å². The van der Waals surface area contributed by atoms with E-state index in [4.69, 9.17) is 16.3 Å². The Balaban J connectivity index is 1.49. The van der Waals surface area contributed by atoms with Crippen molar-refractivity contribution in [2.75, 3.05) is 6.61 Å². The van der Waals surface area contributed by atoms with Crippen molar-refractivity contribution in [2.24, 2.45) is 0 Å². The van der Waals surface area contributed by atoms with E-state index < -0.39 is 29.2 Å². The van der Waals surface area contributed by atoms with Crippen molar-refractivity contribution < 1.29 is 32.5 Å². The van der Waals surface area contributed by atoms with E-state index in [1.165, 1.54) is 33.5 Å². The Hall–Kier alpha value is -4.67. The van der Waals surface area contributed by atoms with Gasteiger partial charge < -0.3 is 14.6 Å². The van der Waals surface area contributed by atoms with E-state index in [0.717, 1.165) is 6.07 Å². The number of aromatic carboxylic acids is 1. The van der Waals surface area contributed by atoms with Gasteiger partial charge in [-0.25, -0.2) is 9.78 Å². The Morgan fingerprint density at radius 1 is 1.20 bits per heavy atom. The standard InChI is InChI=1S/C27H16ClF3N4O5S/c1-13-34-19-3-5-21(40-27(29,30)31)17(11-32)22(19)25(36)35(13)8-9-39-20-4-2-14(28)10-16(20)15-6-7-33-23-18(26(37)38)12-41-24(15)23/h2-7,10,12H,8-9H2,1H3,(H,37,38). The molecule has 208 valence electrons. The fraction of sp³-hybridized carbons (Fsp3) is 0.148. The maximum atomic E-state index is 13.3. The van der Waals surface area contributed by atoms with Gasteiger partial charge in [0.25, 0.3) is 5.56 Å². The maximum absolute atomic E-state index is 13.3. The molecule has 0 aliphatic rings. The van der Waals surface area contributed by atoms with Gasteiger partial charge in [-0.1, -0.05) is 11.6 Å². The predicted molar refractivity (Wildman–Crippen MR) is 145 cm³/mol. The van der Waals surface area contributed by atoms with Gasteiger partial charge in [-0.2, -0.15) is 5.26 Å². The molecule has 5 rings (SSSR count). The molecule has 0 amide bonds. The average molecular weight is 601 g/mol. The number of hydrogen-bond donors (Lipinski definition) is 1. The van der Waals surface area contributed by atoms with Crippen LogP contribution in [0, 0.1) is 18.3 Å². The Morgan fingerprint density at radius 3 is 2.66 bits per heavy atom. The summed E-state index contributed by atoms with van der Waals surface area (Å²) in [7, 11) is 0. The third kappa shape index (κ3) is 5.39. The zero-order valence-electron chi connectivity index (χ0n) is 20.8. The third-order valence-electron chi connectivity index (χ3n) is 6.10. The highest BCUT2D eigenvalue weighted by Crippen LogP contribution is 2.39. The second-order valence-electron chi connectivity index (χ2n) is 8.59. The number of thiophene rings is 1. The third-order valence-corrected chi connectivity index (χ3v) is 7.34. The first kappa shape index (κ1) is 27.9. The van der Waals surface area contributed by atoms with Gasteiger partial charge >= 0.3 is 12.3 Å². The molecule has 0 atom stereocenters. The number of alkyl halides is 3. The van der Waals surface area contributed by atoms with E-state index >= 15 is 0 Å². The van der Waals surface area contributed by atoms with Gasteiger partial charge in [0.1, 0.15) is 35.6 Å². The molecule has 0 aliphatic carbocycles. The number of nitriles is 1. The van der Waals surface area contributed by atoms with Crippen molar-refractivity contribution in [3.63, 3.8) is 0 Å². The molecule has 0 saturated heterocycles. The molecule has 0 bridgehead atoms. The first-order valence-electron chi connectivity index (χ1n) is 11.7. The molecular weight excluding hydrogens is 585 g/mol. The summed E-state index contributed by atoms with van der Waals surface area (Å²) in [5, 5.41) is 20.6. The Morgan fingerprint density at radius 2 is 1.95 bits per heavy atom. The highest BCUT2D eigenvalue weighted by atomic mass is 35.5. The minimum absolute atomic E-state index is 0.0501. The van der Waals surface area contributed by atoms with E-state index in [0.29, 0.717) is 32.1 Å². The quantitative estimate of drug-likeness (QED) is 0.234. The molecule has 41 heavy (non-hydrogen) atoms. The lowest BCUT2D eigenvalue weighted by Crippen LogP contribution is -2.27. The summed E-state index contributed by atoms with van der Waals surface area (Å²) in [5.74, 6) is -1.27. The number of hydrogen-bond acceptors (Lipinski definition) is 8. The smallest absolute Gasteiger partial charge is 0.491 e. The van der Waals surface area contributed by atoms with Crippen molar-refractivity contribution in [1.82, 2.24) is 14.5 Å². The van der Waals surface area contributed by atoms with Crippen molar-refractivity contribution in [3.8, 4) is 28.7 Å². The van der Waals surface area contributed by atoms with Gasteiger partial charge in [-0.05, 0) is 43.3 Å². The first-order valence-corrected chi connectivity index (χ1v) is 13.0. The lowest BCUT2D eigenvalue weighted by molar-refractivity contribution is -0.274. The van der Waals surface area contributed by atoms with Crippen LogP contribution in [0.2, 0.25) is 5.02 Å². The zero-order valence-corrected chi connectivity index (χ0v) is 22.4.